The fourth-order valence-corrected chi connectivity index (χ4v) is 2.39. The van der Waals surface area contributed by atoms with Crippen LogP contribution in [-0.2, 0) is 11.3 Å². The van der Waals surface area contributed by atoms with Gasteiger partial charge in [0.25, 0.3) is 0 Å². The van der Waals surface area contributed by atoms with Crippen LogP contribution in [0.15, 0.2) is 4.52 Å². The van der Waals surface area contributed by atoms with Gasteiger partial charge in [0.1, 0.15) is 6.10 Å². The lowest BCUT2D eigenvalue weighted by atomic mass is 10.2. The van der Waals surface area contributed by atoms with E-state index >= 15 is 0 Å². The highest BCUT2D eigenvalue weighted by atomic mass is 16.5. The van der Waals surface area contributed by atoms with Crippen LogP contribution in [0.4, 0.5) is 0 Å². The standard InChI is InChI=1S/C14H25N3O3/c1-10(2)9-19-11(3)14-15-13(20-16-14)7-17-6-4-5-12(17)8-18/h10-12,18H,4-9H2,1-3H3/t11?,12-/m1/s1. The second-order valence-electron chi connectivity index (χ2n) is 5.86. The zero-order chi connectivity index (χ0) is 14.5. The van der Waals surface area contributed by atoms with Crippen LogP contribution in [0.25, 0.3) is 0 Å². The molecule has 114 valence electrons. The number of aliphatic hydroxyl groups excluding tert-OH is 1. The lowest BCUT2D eigenvalue weighted by Gasteiger charge is -2.20. The van der Waals surface area contributed by atoms with E-state index in [2.05, 4.69) is 28.9 Å². The van der Waals surface area contributed by atoms with Crippen molar-refractivity contribution >= 4 is 0 Å². The summed E-state index contributed by atoms with van der Waals surface area (Å²) in [7, 11) is 0. The summed E-state index contributed by atoms with van der Waals surface area (Å²) < 4.78 is 11.0. The fourth-order valence-electron chi connectivity index (χ4n) is 2.39. The summed E-state index contributed by atoms with van der Waals surface area (Å²) in [5.41, 5.74) is 0. The maximum Gasteiger partial charge on any atom is 0.240 e. The van der Waals surface area contributed by atoms with Gasteiger partial charge < -0.3 is 14.4 Å². The number of nitrogens with zero attached hydrogens (tertiary/aromatic N) is 3. The molecule has 1 N–H and O–H groups in total. The summed E-state index contributed by atoms with van der Waals surface area (Å²) in [6.45, 7) is 8.60. The number of aromatic nitrogens is 2. The molecule has 2 rings (SSSR count). The normalized spacial score (nSPS) is 21.8. The molecule has 1 aromatic heterocycles. The van der Waals surface area contributed by atoms with Gasteiger partial charge in [0, 0.05) is 12.6 Å². The first kappa shape index (κ1) is 15.4. The van der Waals surface area contributed by atoms with Crippen LogP contribution in [0.1, 0.15) is 51.4 Å². The van der Waals surface area contributed by atoms with Crippen molar-refractivity contribution in [1.82, 2.24) is 15.0 Å². The second kappa shape index (κ2) is 7.15. The van der Waals surface area contributed by atoms with Gasteiger partial charge in [0.2, 0.25) is 5.89 Å². The molecule has 2 heterocycles. The third-order valence-corrected chi connectivity index (χ3v) is 3.58. The van der Waals surface area contributed by atoms with Crippen molar-refractivity contribution in [2.75, 3.05) is 19.8 Å². The summed E-state index contributed by atoms with van der Waals surface area (Å²) in [5, 5.41) is 13.3. The van der Waals surface area contributed by atoms with Crippen LogP contribution in [0, 0.1) is 5.92 Å². The first-order chi connectivity index (χ1) is 9.60. The predicted molar refractivity (Wildman–Crippen MR) is 74.0 cm³/mol. The molecule has 0 aromatic carbocycles. The first-order valence-electron chi connectivity index (χ1n) is 7.39. The summed E-state index contributed by atoms with van der Waals surface area (Å²) in [4.78, 5) is 6.59. The van der Waals surface area contributed by atoms with Crippen LogP contribution in [0.5, 0.6) is 0 Å². The van der Waals surface area contributed by atoms with Crippen LogP contribution < -0.4 is 0 Å². The summed E-state index contributed by atoms with van der Waals surface area (Å²) >= 11 is 0. The van der Waals surface area contributed by atoms with Gasteiger partial charge in [0.05, 0.1) is 13.2 Å². The number of rotatable bonds is 7. The van der Waals surface area contributed by atoms with Crippen LogP contribution in [-0.4, -0.2) is 45.9 Å². The molecule has 1 aromatic rings. The Morgan fingerprint density at radius 3 is 2.95 bits per heavy atom. The Morgan fingerprint density at radius 1 is 1.45 bits per heavy atom. The van der Waals surface area contributed by atoms with Crippen molar-refractivity contribution in [3.05, 3.63) is 11.7 Å². The highest BCUT2D eigenvalue weighted by Gasteiger charge is 2.26. The molecular weight excluding hydrogens is 258 g/mol. The van der Waals surface area contributed by atoms with Crippen LogP contribution in [0.2, 0.25) is 0 Å². The summed E-state index contributed by atoms with van der Waals surface area (Å²) in [6.07, 6.45) is 1.99. The lowest BCUT2D eigenvalue weighted by molar-refractivity contribution is 0.0402. The van der Waals surface area contributed by atoms with E-state index in [-0.39, 0.29) is 18.8 Å². The van der Waals surface area contributed by atoms with Crippen molar-refractivity contribution in [3.8, 4) is 0 Å². The average molecular weight is 283 g/mol. The van der Waals surface area contributed by atoms with E-state index in [1.54, 1.807) is 0 Å². The number of hydrogen-bond donors (Lipinski definition) is 1. The average Bonchev–Trinajstić information content (AvgIpc) is 3.05. The van der Waals surface area contributed by atoms with E-state index in [4.69, 9.17) is 9.26 Å². The molecular formula is C14H25N3O3. The molecule has 0 amide bonds. The van der Waals surface area contributed by atoms with Crippen molar-refractivity contribution < 1.29 is 14.4 Å². The highest BCUT2D eigenvalue weighted by molar-refractivity contribution is 4.91. The van der Waals surface area contributed by atoms with E-state index in [0.717, 1.165) is 19.4 Å². The Labute approximate surface area is 120 Å². The van der Waals surface area contributed by atoms with Gasteiger partial charge >= 0.3 is 0 Å². The van der Waals surface area contributed by atoms with Gasteiger partial charge in [-0.15, -0.1) is 0 Å². The molecule has 1 aliphatic rings. The van der Waals surface area contributed by atoms with Gasteiger partial charge in [-0.3, -0.25) is 4.90 Å². The van der Waals surface area contributed by atoms with Gasteiger partial charge in [-0.2, -0.15) is 4.98 Å². The van der Waals surface area contributed by atoms with Crippen molar-refractivity contribution in [2.24, 2.45) is 5.92 Å². The molecule has 1 aliphatic heterocycles. The summed E-state index contributed by atoms with van der Waals surface area (Å²) in [5.74, 6) is 1.68. The maximum atomic E-state index is 9.30. The summed E-state index contributed by atoms with van der Waals surface area (Å²) in [6, 6.07) is 0.222. The minimum atomic E-state index is -0.151. The zero-order valence-corrected chi connectivity index (χ0v) is 12.6. The molecule has 0 aliphatic carbocycles. The molecule has 2 atom stereocenters. The van der Waals surface area contributed by atoms with Gasteiger partial charge in [-0.25, -0.2) is 0 Å². The quantitative estimate of drug-likeness (QED) is 0.822. The SMILES string of the molecule is CC(C)COC(C)c1noc(CN2CCC[C@@H]2CO)n1. The fraction of sp³-hybridized carbons (Fsp3) is 0.857. The van der Waals surface area contributed by atoms with E-state index in [0.29, 0.717) is 30.8 Å². The molecule has 1 unspecified atom stereocenters. The molecule has 0 spiro atoms. The molecule has 6 nitrogen and oxygen atoms in total. The number of hydrogen-bond acceptors (Lipinski definition) is 6. The Bertz CT molecular complexity index is 408. The Morgan fingerprint density at radius 2 is 2.25 bits per heavy atom. The van der Waals surface area contributed by atoms with Gasteiger partial charge in [-0.05, 0) is 32.2 Å². The van der Waals surface area contributed by atoms with Crippen molar-refractivity contribution in [1.29, 1.82) is 0 Å². The minimum absolute atomic E-state index is 0.151. The Hall–Kier alpha value is -0.980. The molecule has 6 heteroatoms. The molecule has 0 radical (unpaired) electrons. The largest absolute Gasteiger partial charge is 0.395 e. The Balaban J connectivity index is 1.88. The van der Waals surface area contributed by atoms with E-state index in [1.165, 1.54) is 0 Å². The van der Waals surface area contributed by atoms with E-state index in [9.17, 15) is 5.11 Å². The smallest absolute Gasteiger partial charge is 0.240 e. The Kier molecular flexibility index (Phi) is 5.51. The predicted octanol–water partition coefficient (Wildman–Crippen LogP) is 1.76. The molecule has 0 saturated carbocycles. The second-order valence-corrected chi connectivity index (χ2v) is 5.86. The molecule has 1 fully saturated rings. The van der Waals surface area contributed by atoms with Crippen molar-refractivity contribution in [2.45, 2.75) is 52.3 Å². The zero-order valence-electron chi connectivity index (χ0n) is 12.6. The maximum absolute atomic E-state index is 9.30. The third-order valence-electron chi connectivity index (χ3n) is 3.58. The third kappa shape index (κ3) is 4.01. The van der Waals surface area contributed by atoms with E-state index in [1.807, 2.05) is 6.92 Å². The number of ether oxygens (including phenoxy) is 1. The molecule has 20 heavy (non-hydrogen) atoms. The van der Waals surface area contributed by atoms with Gasteiger partial charge in [-0.1, -0.05) is 19.0 Å². The van der Waals surface area contributed by atoms with E-state index < -0.39 is 0 Å². The lowest BCUT2D eigenvalue weighted by Crippen LogP contribution is -2.31. The van der Waals surface area contributed by atoms with Crippen molar-refractivity contribution in [3.63, 3.8) is 0 Å². The monoisotopic (exact) mass is 283 g/mol. The topological polar surface area (TPSA) is 71.6 Å². The molecule has 1 saturated heterocycles. The minimum Gasteiger partial charge on any atom is -0.395 e. The van der Waals surface area contributed by atoms with Gasteiger partial charge in [0.15, 0.2) is 5.82 Å². The number of likely N-dealkylation sites (tertiary alicyclic amines) is 1. The number of aliphatic hydroxyl groups is 1. The van der Waals surface area contributed by atoms with Crippen LogP contribution >= 0.6 is 0 Å². The first-order valence-corrected chi connectivity index (χ1v) is 7.39. The molecule has 0 bridgehead atoms. The highest BCUT2D eigenvalue weighted by Crippen LogP contribution is 2.20. The van der Waals surface area contributed by atoms with Crippen LogP contribution in [0.3, 0.4) is 0 Å².